The Labute approximate surface area is 144 Å². The van der Waals surface area contributed by atoms with Gasteiger partial charge in [0.25, 0.3) is 5.91 Å². The van der Waals surface area contributed by atoms with Gasteiger partial charge in [-0.25, -0.2) is 4.98 Å². The van der Waals surface area contributed by atoms with E-state index < -0.39 is 0 Å². The van der Waals surface area contributed by atoms with Gasteiger partial charge in [0.1, 0.15) is 4.88 Å². The maximum Gasteiger partial charge on any atom is 0.264 e. The Morgan fingerprint density at radius 2 is 2.17 bits per heavy atom. The van der Waals surface area contributed by atoms with Crippen molar-refractivity contribution in [3.63, 3.8) is 0 Å². The van der Waals surface area contributed by atoms with Crippen LogP contribution in [0, 0.1) is 0 Å². The molecular weight excluding hydrogens is 328 g/mol. The van der Waals surface area contributed by atoms with Crippen LogP contribution < -0.4 is 5.32 Å². The maximum atomic E-state index is 12.1. The van der Waals surface area contributed by atoms with Gasteiger partial charge >= 0.3 is 0 Å². The highest BCUT2D eigenvalue weighted by Crippen LogP contribution is 2.33. The molecule has 2 aromatic heterocycles. The van der Waals surface area contributed by atoms with E-state index in [2.05, 4.69) is 20.3 Å². The largest absolute Gasteiger partial charge is 0.351 e. The fraction of sp³-hybridized carbons (Fsp3) is 0.625. The van der Waals surface area contributed by atoms with E-state index in [9.17, 15) is 4.79 Å². The van der Waals surface area contributed by atoms with Gasteiger partial charge in [-0.3, -0.25) is 4.79 Å². The molecule has 23 heavy (non-hydrogen) atoms. The van der Waals surface area contributed by atoms with E-state index in [1.807, 2.05) is 6.92 Å². The third-order valence-corrected chi connectivity index (χ3v) is 6.01. The Bertz CT molecular complexity index is 646. The monoisotopic (exact) mass is 350 g/mol. The average molecular weight is 351 g/mol. The van der Waals surface area contributed by atoms with Gasteiger partial charge in [0.15, 0.2) is 0 Å². The molecule has 124 valence electrons. The number of thiazole rings is 1. The highest BCUT2D eigenvalue weighted by molar-refractivity contribution is 7.09. The first-order chi connectivity index (χ1) is 11.3. The molecule has 1 saturated carbocycles. The van der Waals surface area contributed by atoms with Crippen LogP contribution in [0.1, 0.15) is 71.0 Å². The summed E-state index contributed by atoms with van der Waals surface area (Å²) in [5.41, 5.74) is 2.04. The predicted octanol–water partition coefficient (Wildman–Crippen LogP) is 3.58. The highest BCUT2D eigenvalue weighted by Gasteiger charge is 2.18. The molecule has 1 N–H and O–H groups in total. The molecule has 1 aliphatic rings. The molecule has 5 nitrogen and oxygen atoms in total. The maximum absolute atomic E-state index is 12.1. The van der Waals surface area contributed by atoms with Crippen molar-refractivity contribution in [3.8, 4) is 0 Å². The second-order valence-corrected chi connectivity index (χ2v) is 7.61. The van der Waals surface area contributed by atoms with Gasteiger partial charge in [-0.15, -0.1) is 16.4 Å². The summed E-state index contributed by atoms with van der Waals surface area (Å²) in [7, 11) is 0. The summed E-state index contributed by atoms with van der Waals surface area (Å²) in [5, 5.41) is 10.2. The van der Waals surface area contributed by atoms with Crippen molar-refractivity contribution in [2.45, 2.75) is 57.8 Å². The van der Waals surface area contributed by atoms with Crippen LogP contribution >= 0.6 is 22.9 Å². The number of aromatic nitrogens is 3. The number of aryl methyl sites for hydroxylation is 1. The Hall–Kier alpha value is -1.34. The number of hydrogen-bond acceptors (Lipinski definition) is 6. The summed E-state index contributed by atoms with van der Waals surface area (Å²) in [6, 6.07) is 0. The minimum atomic E-state index is -0.0686. The number of nitrogens with zero attached hydrogens (tertiary/aromatic N) is 3. The quantitative estimate of drug-likeness (QED) is 0.865. The van der Waals surface area contributed by atoms with Crippen LogP contribution in [-0.4, -0.2) is 27.0 Å². The summed E-state index contributed by atoms with van der Waals surface area (Å²) in [6.07, 6.45) is 8.10. The van der Waals surface area contributed by atoms with Crippen LogP contribution in [0.4, 0.5) is 0 Å². The van der Waals surface area contributed by atoms with Gasteiger partial charge in [0.05, 0.1) is 16.4 Å². The molecule has 3 rings (SSSR count). The van der Waals surface area contributed by atoms with Gasteiger partial charge in [-0.2, -0.15) is 0 Å². The molecular formula is C16H22N4OS2. The lowest BCUT2D eigenvalue weighted by Gasteiger charge is -2.19. The lowest BCUT2D eigenvalue weighted by molar-refractivity contribution is 0.0957. The van der Waals surface area contributed by atoms with E-state index in [0.717, 1.165) is 23.5 Å². The molecule has 0 aromatic carbocycles. The number of carbonyl (C=O) groups is 1. The first-order valence-electron chi connectivity index (χ1n) is 8.31. The number of hydrogen-bond donors (Lipinski definition) is 1. The second-order valence-electron chi connectivity index (χ2n) is 5.91. The van der Waals surface area contributed by atoms with E-state index in [0.29, 0.717) is 17.3 Å². The molecule has 1 fully saturated rings. The molecule has 2 aromatic rings. The van der Waals surface area contributed by atoms with Gasteiger partial charge < -0.3 is 5.32 Å². The van der Waals surface area contributed by atoms with Crippen molar-refractivity contribution < 1.29 is 4.79 Å². The second kappa shape index (κ2) is 7.97. The van der Waals surface area contributed by atoms with Gasteiger partial charge in [-0.1, -0.05) is 30.7 Å². The van der Waals surface area contributed by atoms with Crippen LogP contribution in [0.15, 0.2) is 5.38 Å². The summed E-state index contributed by atoms with van der Waals surface area (Å²) in [6.45, 7) is 2.59. The lowest BCUT2D eigenvalue weighted by atomic mass is 9.87. The van der Waals surface area contributed by atoms with Gasteiger partial charge in [-0.05, 0) is 30.8 Å². The van der Waals surface area contributed by atoms with Crippen molar-refractivity contribution in [2.24, 2.45) is 0 Å². The van der Waals surface area contributed by atoms with Crippen molar-refractivity contribution in [2.75, 3.05) is 6.54 Å². The van der Waals surface area contributed by atoms with Crippen LogP contribution in [0.3, 0.4) is 0 Å². The first-order valence-corrected chi connectivity index (χ1v) is 9.97. The van der Waals surface area contributed by atoms with Crippen LogP contribution in [0.5, 0.6) is 0 Å². The Morgan fingerprint density at radius 3 is 2.96 bits per heavy atom. The number of nitrogens with one attached hydrogen (secondary N) is 1. The standard InChI is InChI=1S/C16H22N4OS2/c1-2-12-15(23-20-19-12)16(21)17-9-8-14-18-13(10-22-14)11-6-4-3-5-7-11/h10-11H,2-9H2,1H3,(H,17,21). The SMILES string of the molecule is CCc1nnsc1C(=O)NCCc1nc(C2CCCCC2)cs1. The number of rotatable bonds is 6. The smallest absolute Gasteiger partial charge is 0.264 e. The summed E-state index contributed by atoms with van der Waals surface area (Å²) in [5.74, 6) is 0.583. The zero-order valence-corrected chi connectivity index (χ0v) is 15.0. The van der Waals surface area contributed by atoms with Crippen LogP contribution in [-0.2, 0) is 12.8 Å². The third kappa shape index (κ3) is 4.14. The zero-order valence-electron chi connectivity index (χ0n) is 13.4. The Kier molecular flexibility index (Phi) is 5.72. The predicted molar refractivity (Wildman–Crippen MR) is 93.3 cm³/mol. The van der Waals surface area contributed by atoms with Crippen molar-refractivity contribution in [1.29, 1.82) is 0 Å². The van der Waals surface area contributed by atoms with E-state index in [1.54, 1.807) is 11.3 Å². The lowest BCUT2D eigenvalue weighted by Crippen LogP contribution is -2.25. The molecule has 0 atom stereocenters. The van der Waals surface area contributed by atoms with E-state index >= 15 is 0 Å². The van der Waals surface area contributed by atoms with Crippen LogP contribution in [0.25, 0.3) is 0 Å². The molecule has 1 aliphatic carbocycles. The minimum Gasteiger partial charge on any atom is -0.351 e. The fourth-order valence-electron chi connectivity index (χ4n) is 3.00. The summed E-state index contributed by atoms with van der Waals surface area (Å²) in [4.78, 5) is 17.5. The zero-order chi connectivity index (χ0) is 16.1. The Balaban J connectivity index is 1.49. The Morgan fingerprint density at radius 1 is 1.35 bits per heavy atom. The van der Waals surface area contributed by atoms with Crippen LogP contribution in [0.2, 0.25) is 0 Å². The fourth-order valence-corrected chi connectivity index (χ4v) is 4.55. The molecule has 0 saturated heterocycles. The minimum absolute atomic E-state index is 0.0686. The molecule has 1 amide bonds. The summed E-state index contributed by atoms with van der Waals surface area (Å²) >= 11 is 2.88. The molecule has 0 spiro atoms. The van der Waals surface area contributed by atoms with Crippen molar-refractivity contribution in [3.05, 3.63) is 26.7 Å². The van der Waals surface area contributed by atoms with Gasteiger partial charge in [0, 0.05) is 24.3 Å². The van der Waals surface area contributed by atoms with E-state index in [1.165, 1.54) is 49.3 Å². The number of amides is 1. The van der Waals surface area contributed by atoms with Gasteiger partial charge in [0.2, 0.25) is 0 Å². The van der Waals surface area contributed by atoms with E-state index in [-0.39, 0.29) is 5.91 Å². The molecule has 0 unspecified atom stereocenters. The van der Waals surface area contributed by atoms with Crippen molar-refractivity contribution in [1.82, 2.24) is 19.9 Å². The third-order valence-electron chi connectivity index (χ3n) is 4.31. The molecule has 0 radical (unpaired) electrons. The molecule has 0 aliphatic heterocycles. The first kappa shape index (κ1) is 16.5. The van der Waals surface area contributed by atoms with Crippen molar-refractivity contribution >= 4 is 28.8 Å². The molecule has 0 bridgehead atoms. The highest BCUT2D eigenvalue weighted by atomic mass is 32.1. The normalized spacial score (nSPS) is 15.7. The molecule has 7 heteroatoms. The molecule has 2 heterocycles. The van der Waals surface area contributed by atoms with E-state index in [4.69, 9.17) is 4.98 Å². The average Bonchev–Trinajstić information content (AvgIpc) is 3.24. The topological polar surface area (TPSA) is 67.8 Å². The number of carbonyl (C=O) groups excluding carboxylic acids is 1. The summed E-state index contributed by atoms with van der Waals surface area (Å²) < 4.78 is 3.86.